The number of fused-ring (bicyclic) bond motifs is 1. The Kier molecular flexibility index (Phi) is 7.03. The average Bonchev–Trinajstić information content (AvgIpc) is 3.24. The van der Waals surface area contributed by atoms with Gasteiger partial charge in [0.05, 0.1) is 23.0 Å². The van der Waals surface area contributed by atoms with Crippen molar-refractivity contribution < 1.29 is 23.1 Å². The zero-order chi connectivity index (χ0) is 26.0. The third-order valence-electron chi connectivity index (χ3n) is 6.26. The van der Waals surface area contributed by atoms with E-state index in [-0.39, 0.29) is 17.9 Å². The zero-order valence-electron chi connectivity index (χ0n) is 20.7. The summed E-state index contributed by atoms with van der Waals surface area (Å²) in [7, 11) is -2.52. The van der Waals surface area contributed by atoms with E-state index in [1.54, 1.807) is 19.2 Å². The Bertz CT molecular complexity index is 1510. The lowest BCUT2D eigenvalue weighted by molar-refractivity contribution is 0.172. The van der Waals surface area contributed by atoms with E-state index in [4.69, 9.17) is 9.72 Å². The lowest BCUT2D eigenvalue weighted by Crippen LogP contribution is -2.37. The maximum Gasteiger partial charge on any atom is 0.421 e. The van der Waals surface area contributed by atoms with Gasteiger partial charge in [0.1, 0.15) is 11.6 Å². The molecule has 4 aromatic rings. The SMILES string of the molecule is CCc1nc2c(C)c(OC)ccc2n1-c1ccc(CCN(C(=O)O)S(=O)(=O)c2ccc(C)cc2)cc1. The van der Waals surface area contributed by atoms with Gasteiger partial charge in [-0.15, -0.1) is 0 Å². The van der Waals surface area contributed by atoms with E-state index in [2.05, 4.69) is 4.57 Å². The van der Waals surface area contributed by atoms with E-state index in [9.17, 15) is 18.3 Å². The van der Waals surface area contributed by atoms with E-state index in [0.29, 0.717) is 4.31 Å². The fourth-order valence-corrected chi connectivity index (χ4v) is 5.52. The molecular formula is C27H29N3O5S. The highest BCUT2D eigenvalue weighted by Crippen LogP contribution is 2.30. The normalized spacial score (nSPS) is 11.6. The minimum atomic E-state index is -4.16. The topological polar surface area (TPSA) is 102 Å². The first-order valence-corrected chi connectivity index (χ1v) is 13.1. The van der Waals surface area contributed by atoms with Crippen LogP contribution in [0.4, 0.5) is 4.79 Å². The number of carbonyl (C=O) groups is 1. The van der Waals surface area contributed by atoms with Crippen molar-refractivity contribution in [3.63, 3.8) is 0 Å². The van der Waals surface area contributed by atoms with Crippen LogP contribution in [-0.2, 0) is 22.9 Å². The summed E-state index contributed by atoms with van der Waals surface area (Å²) >= 11 is 0. The maximum atomic E-state index is 12.9. The molecule has 0 unspecified atom stereocenters. The molecule has 0 aliphatic rings. The molecule has 0 aliphatic heterocycles. The van der Waals surface area contributed by atoms with Crippen LogP contribution in [0.1, 0.15) is 29.4 Å². The molecule has 0 radical (unpaired) electrons. The van der Waals surface area contributed by atoms with Gasteiger partial charge in [-0.1, -0.05) is 36.8 Å². The molecule has 188 valence electrons. The minimum Gasteiger partial charge on any atom is -0.496 e. The van der Waals surface area contributed by atoms with Gasteiger partial charge < -0.3 is 9.84 Å². The van der Waals surface area contributed by atoms with Gasteiger partial charge in [0.2, 0.25) is 0 Å². The van der Waals surface area contributed by atoms with Crippen molar-refractivity contribution in [2.75, 3.05) is 13.7 Å². The van der Waals surface area contributed by atoms with Gasteiger partial charge in [-0.3, -0.25) is 4.57 Å². The second-order valence-corrected chi connectivity index (χ2v) is 10.4. The standard InChI is InChI=1S/C27H29N3O5S/c1-5-25-28-26-19(3)24(35-4)15-14-23(26)30(25)21-10-8-20(9-11-21)16-17-29(27(31)32)36(33,34)22-12-6-18(2)7-13-22/h6-15H,5,16-17H2,1-4H3,(H,31,32). The lowest BCUT2D eigenvalue weighted by atomic mass is 10.1. The summed E-state index contributed by atoms with van der Waals surface area (Å²) in [6.45, 7) is 5.69. The van der Waals surface area contributed by atoms with E-state index in [1.807, 2.05) is 57.2 Å². The van der Waals surface area contributed by atoms with Gasteiger partial charge in [0.15, 0.2) is 0 Å². The molecule has 1 heterocycles. The van der Waals surface area contributed by atoms with Gasteiger partial charge in [0, 0.05) is 24.2 Å². The fourth-order valence-electron chi connectivity index (χ4n) is 4.25. The van der Waals surface area contributed by atoms with Crippen LogP contribution < -0.4 is 4.74 Å². The van der Waals surface area contributed by atoms with Gasteiger partial charge in [0.25, 0.3) is 10.0 Å². The maximum absolute atomic E-state index is 12.9. The molecule has 9 heteroatoms. The fraction of sp³-hybridized carbons (Fsp3) is 0.259. The van der Waals surface area contributed by atoms with Crippen LogP contribution in [0.2, 0.25) is 0 Å². The van der Waals surface area contributed by atoms with Crippen LogP contribution in [0.3, 0.4) is 0 Å². The number of amides is 1. The number of hydrogen-bond acceptors (Lipinski definition) is 5. The van der Waals surface area contributed by atoms with E-state index < -0.39 is 16.1 Å². The highest BCUT2D eigenvalue weighted by Gasteiger charge is 2.28. The van der Waals surface area contributed by atoms with Crippen molar-refractivity contribution in [3.8, 4) is 11.4 Å². The minimum absolute atomic E-state index is 0.0446. The van der Waals surface area contributed by atoms with Crippen molar-refractivity contribution in [1.82, 2.24) is 13.9 Å². The van der Waals surface area contributed by atoms with Crippen molar-refractivity contribution in [2.45, 2.75) is 38.5 Å². The Morgan fingerprint density at radius 1 is 1.03 bits per heavy atom. The van der Waals surface area contributed by atoms with E-state index in [0.717, 1.165) is 51.4 Å². The number of nitrogens with zero attached hydrogens (tertiary/aromatic N) is 3. The summed E-state index contributed by atoms with van der Waals surface area (Å²) in [6, 6.07) is 17.7. The van der Waals surface area contributed by atoms with Crippen LogP contribution in [0.15, 0.2) is 65.6 Å². The van der Waals surface area contributed by atoms with Crippen LogP contribution >= 0.6 is 0 Å². The van der Waals surface area contributed by atoms with E-state index >= 15 is 0 Å². The first kappa shape index (κ1) is 25.2. The number of sulfonamides is 1. The van der Waals surface area contributed by atoms with Gasteiger partial charge in [-0.05, 0) is 62.2 Å². The van der Waals surface area contributed by atoms with Crippen LogP contribution in [0.5, 0.6) is 5.75 Å². The molecule has 0 saturated carbocycles. The number of carboxylic acid groups (broad SMARTS) is 1. The smallest absolute Gasteiger partial charge is 0.421 e. The second kappa shape index (κ2) is 10.0. The van der Waals surface area contributed by atoms with Crippen LogP contribution in [-0.4, -0.2) is 47.1 Å². The molecule has 1 amide bonds. The van der Waals surface area contributed by atoms with Crippen molar-refractivity contribution in [1.29, 1.82) is 0 Å². The highest BCUT2D eigenvalue weighted by atomic mass is 32.2. The molecule has 8 nitrogen and oxygen atoms in total. The largest absolute Gasteiger partial charge is 0.496 e. The molecule has 0 spiro atoms. The Hall–Kier alpha value is -3.85. The third kappa shape index (κ3) is 4.66. The molecule has 3 aromatic carbocycles. The number of imidazole rings is 1. The summed E-state index contributed by atoms with van der Waals surface area (Å²) < 4.78 is 33.9. The molecule has 0 fully saturated rings. The molecule has 1 aromatic heterocycles. The Balaban J connectivity index is 1.59. The second-order valence-electron chi connectivity index (χ2n) is 8.57. The monoisotopic (exact) mass is 507 g/mol. The summed E-state index contributed by atoms with van der Waals surface area (Å²) in [5, 5.41) is 9.62. The van der Waals surface area contributed by atoms with Crippen LogP contribution in [0, 0.1) is 13.8 Å². The average molecular weight is 508 g/mol. The highest BCUT2D eigenvalue weighted by molar-refractivity contribution is 7.89. The summed E-state index contributed by atoms with van der Waals surface area (Å²) in [5.41, 5.74) is 5.47. The van der Waals surface area contributed by atoms with Gasteiger partial charge in [-0.2, -0.15) is 0 Å². The predicted molar refractivity (Wildman–Crippen MR) is 139 cm³/mol. The van der Waals surface area contributed by atoms with Crippen LogP contribution in [0.25, 0.3) is 16.7 Å². The number of hydrogen-bond donors (Lipinski definition) is 1. The number of ether oxygens (including phenoxy) is 1. The molecule has 4 rings (SSSR count). The van der Waals surface area contributed by atoms with Crippen molar-refractivity contribution in [3.05, 3.63) is 83.2 Å². The number of aryl methyl sites for hydroxylation is 3. The Labute approximate surface area is 210 Å². The quantitative estimate of drug-likeness (QED) is 0.355. The lowest BCUT2D eigenvalue weighted by Gasteiger charge is -2.19. The Morgan fingerprint density at radius 3 is 2.28 bits per heavy atom. The molecule has 0 aliphatic carbocycles. The summed E-state index contributed by atoms with van der Waals surface area (Å²) in [5.74, 6) is 1.70. The number of aromatic nitrogens is 2. The van der Waals surface area contributed by atoms with Crippen molar-refractivity contribution in [2.24, 2.45) is 0 Å². The Morgan fingerprint density at radius 2 is 1.69 bits per heavy atom. The summed E-state index contributed by atoms with van der Waals surface area (Å²) in [6.07, 6.45) is -0.516. The third-order valence-corrected chi connectivity index (χ3v) is 8.04. The molecule has 0 saturated heterocycles. The number of rotatable bonds is 8. The number of methoxy groups -OCH3 is 1. The molecule has 0 atom stereocenters. The summed E-state index contributed by atoms with van der Waals surface area (Å²) in [4.78, 5) is 16.6. The molecule has 36 heavy (non-hydrogen) atoms. The van der Waals surface area contributed by atoms with Gasteiger partial charge in [-0.25, -0.2) is 22.5 Å². The number of benzene rings is 3. The molecule has 1 N–H and O–H groups in total. The van der Waals surface area contributed by atoms with E-state index in [1.165, 1.54) is 12.1 Å². The molecular weight excluding hydrogens is 478 g/mol. The molecule has 0 bridgehead atoms. The zero-order valence-corrected chi connectivity index (χ0v) is 21.5. The first-order chi connectivity index (χ1) is 17.2. The van der Waals surface area contributed by atoms with Gasteiger partial charge >= 0.3 is 6.09 Å². The van der Waals surface area contributed by atoms with Crippen molar-refractivity contribution >= 4 is 27.1 Å². The first-order valence-electron chi connectivity index (χ1n) is 11.6. The predicted octanol–water partition coefficient (Wildman–Crippen LogP) is 5.12.